The van der Waals surface area contributed by atoms with Crippen LogP contribution in [-0.2, 0) is 35.5 Å². The van der Waals surface area contributed by atoms with Gasteiger partial charge in [0.05, 0.1) is 14.6 Å². The summed E-state index contributed by atoms with van der Waals surface area (Å²) >= 11 is 17.3. The molecule has 0 unspecified atom stereocenters. The Balaban J connectivity index is 0.000000194. The summed E-state index contributed by atoms with van der Waals surface area (Å²) in [6.07, 6.45) is 13.7. The van der Waals surface area contributed by atoms with Gasteiger partial charge in [0.15, 0.2) is 0 Å². The second-order valence-electron chi connectivity index (χ2n) is 34.8. The van der Waals surface area contributed by atoms with Crippen molar-refractivity contribution in [1.82, 2.24) is 28.4 Å². The average Bonchev–Trinajstić information content (AvgIpc) is 1.02. The van der Waals surface area contributed by atoms with Crippen molar-refractivity contribution in [3.8, 4) is 0 Å². The Morgan fingerprint density at radius 3 is 1.04 bits per heavy atom. The number of amides is 1. The molecule has 2 fully saturated rings. The highest BCUT2D eigenvalue weighted by molar-refractivity contribution is 7.81. The van der Waals surface area contributed by atoms with Crippen LogP contribution in [0.15, 0.2) is 127 Å². The second-order valence-corrected chi connectivity index (χ2v) is 38.8. The van der Waals surface area contributed by atoms with E-state index < -0.39 is 0 Å². The third kappa shape index (κ3) is 17.6. The van der Waals surface area contributed by atoms with E-state index in [4.69, 9.17) is 24.4 Å². The predicted molar refractivity (Wildman–Crippen MR) is 516 cm³/mol. The summed E-state index contributed by atoms with van der Waals surface area (Å²) in [5, 5.41) is 8.31. The van der Waals surface area contributed by atoms with Crippen LogP contribution in [0.4, 0.5) is 17.1 Å². The lowest BCUT2D eigenvalue weighted by Crippen LogP contribution is -2.44. The van der Waals surface area contributed by atoms with Crippen molar-refractivity contribution in [2.24, 2.45) is 0 Å². The zero-order valence-electron chi connectivity index (χ0n) is 68.4. The number of fused-ring (bicyclic) bond motifs is 9. The van der Waals surface area contributed by atoms with Crippen molar-refractivity contribution in [2.75, 3.05) is 137 Å². The third-order valence-electron chi connectivity index (χ3n) is 25.4. The molecule has 1 amide bonds. The number of likely N-dealkylation sites (tertiary alicyclic amines) is 2. The summed E-state index contributed by atoms with van der Waals surface area (Å²) in [5.41, 5.74) is 25.1. The zero-order chi connectivity index (χ0) is 77.6. The number of carbonyl (C=O) groups excluding carboxylic acids is 1. The normalized spacial score (nSPS) is 16.5. The molecule has 9 aromatic rings. The Hall–Kier alpha value is -7.92. The highest BCUT2D eigenvalue weighted by atomic mass is 32.1. The number of piperidine rings is 2. The molecule has 6 aromatic carbocycles. The Labute approximate surface area is 721 Å². The maximum atomic E-state index is 13.3. The third-order valence-corrected chi connectivity index (χ3v) is 29.9. The number of anilines is 3. The van der Waals surface area contributed by atoms with Crippen LogP contribution in [0.25, 0.3) is 16.7 Å². The Morgan fingerprint density at radius 1 is 0.397 bits per heavy atom. The molecule has 17 rings (SSSR count). The molecular formula is C101H138N9OS5+3. The van der Waals surface area contributed by atoms with Crippen LogP contribution < -0.4 is 60.2 Å². The van der Waals surface area contributed by atoms with Gasteiger partial charge in [-0.15, -0.1) is 34.0 Å². The lowest BCUT2D eigenvalue weighted by molar-refractivity contribution is 0.0729. The number of thiophene rings is 3. The molecule has 3 aliphatic carbocycles. The molecule has 0 N–H and O–H groups in total. The molecule has 0 saturated carbocycles. The molecule has 8 heterocycles. The van der Waals surface area contributed by atoms with E-state index in [9.17, 15) is 4.79 Å². The molecule has 0 radical (unpaired) electrons. The largest absolute Gasteiger partial charge is 0.378 e. The number of rotatable bonds is 11. The van der Waals surface area contributed by atoms with Crippen LogP contribution in [0.2, 0.25) is 0 Å². The van der Waals surface area contributed by atoms with Gasteiger partial charge in [-0.1, -0.05) is 129 Å². The first-order chi connectivity index (χ1) is 52.6. The van der Waals surface area contributed by atoms with Gasteiger partial charge in [0.25, 0.3) is 5.91 Å². The van der Waals surface area contributed by atoms with Gasteiger partial charge in [0.2, 0.25) is 16.1 Å². The maximum absolute atomic E-state index is 13.3. The molecule has 0 atom stereocenters. The average molecular weight is 1650 g/mol. The topological polar surface area (TPSA) is 45.5 Å². The standard InChI is InChI=1S/C32H38N3OS.C32H38N3S2.C31H38N3S2.6CH4/c2*1-32(2)13-16-34(5)27-19-22-17-21-18-23(33(3)4)9-10-24(21)30(25(22)20-26(27)32)28-11-12-29(37-28)31(36)35-14-7-6-8-15-35;1-8-34(9-2)30(35)28-13-12-27(36-28)29-23-11-10-22(32(5)6)17-20(23)16-21-18-26-25(19-24(21)29)31(3,4)14-15-33(26)7;;;;;;/h2*9-12,18-20H,6-8,13-17H2,1-5H3;10-13,17-19H,8-9,14-16H2,1-7H3;6*1H4/q3*+1;;;;;;. The fourth-order valence-corrected chi connectivity index (χ4v) is 22.2. The summed E-state index contributed by atoms with van der Waals surface area (Å²) in [7, 11) is 19.4. The first-order valence-corrected chi connectivity index (χ1v) is 43.7. The van der Waals surface area contributed by atoms with E-state index >= 15 is 0 Å². The van der Waals surface area contributed by atoms with E-state index in [-0.39, 0.29) is 66.7 Å². The molecule has 2 saturated heterocycles. The molecule has 0 spiro atoms. The summed E-state index contributed by atoms with van der Waals surface area (Å²) in [4.78, 5) is 35.8. The predicted octanol–water partition coefficient (Wildman–Crippen LogP) is 17.9. The Bertz CT molecular complexity index is 5380. The van der Waals surface area contributed by atoms with E-state index in [0.29, 0.717) is 0 Å². The lowest BCUT2D eigenvalue weighted by Gasteiger charge is -2.29. The van der Waals surface area contributed by atoms with Crippen LogP contribution in [0.3, 0.4) is 0 Å². The van der Waals surface area contributed by atoms with Crippen LogP contribution in [0.5, 0.6) is 0 Å². The van der Waals surface area contributed by atoms with Crippen molar-refractivity contribution >= 4 is 108 Å². The minimum Gasteiger partial charge on any atom is -0.378 e. The number of hydrogen-bond donors (Lipinski definition) is 0. The van der Waals surface area contributed by atoms with Crippen molar-refractivity contribution in [3.05, 3.63) is 255 Å². The maximum Gasteiger partial charge on any atom is 0.263 e. The minimum atomic E-state index is 0. The molecular weight excluding hydrogens is 1520 g/mol. The SMILES string of the molecule is C.C.C.C.C.C.CCN(CC)C(=S)c1ccc(C2=c3cc4c(cc3Cc3cc(N(C)C)ccc32)=[N+](C)CCC4(C)C)s1.CN(C)c1ccc2c(c1)Cc1cc3c(cc1=C2c1ccc(C(=O)N2CCCCC2)s1)C(C)(C)CC[N+]=3C.CN(C)c1ccc2c(c1)Cc1cc3c(cc1=C2c1ccc(C(=S)N2CCCCC2)s1)C(C)(C)CC[N+]=3C. The summed E-state index contributed by atoms with van der Waals surface area (Å²) in [5.74, 6) is 0.198. The van der Waals surface area contributed by atoms with Crippen LogP contribution >= 0.6 is 58.4 Å². The molecule has 10 nitrogen and oxygen atoms in total. The molecule has 15 heteroatoms. The van der Waals surface area contributed by atoms with Crippen molar-refractivity contribution < 1.29 is 4.79 Å². The Morgan fingerprint density at radius 2 is 0.707 bits per heavy atom. The highest BCUT2D eigenvalue weighted by Gasteiger charge is 2.37. The summed E-state index contributed by atoms with van der Waals surface area (Å²) in [6, 6.07) is 49.1. The molecule has 3 aromatic heterocycles. The van der Waals surface area contributed by atoms with Gasteiger partial charge < -0.3 is 29.4 Å². The van der Waals surface area contributed by atoms with Gasteiger partial charge in [0, 0.05) is 200 Å². The van der Waals surface area contributed by atoms with Crippen LogP contribution in [0.1, 0.15) is 259 Å². The van der Waals surface area contributed by atoms with Gasteiger partial charge in [0.1, 0.15) is 50.8 Å². The van der Waals surface area contributed by atoms with Gasteiger partial charge in [-0.2, -0.15) is 0 Å². The van der Waals surface area contributed by atoms with Crippen molar-refractivity contribution in [3.63, 3.8) is 0 Å². The first-order valence-electron chi connectivity index (χ1n) is 40.5. The van der Waals surface area contributed by atoms with Gasteiger partial charge in [-0.3, -0.25) is 4.79 Å². The van der Waals surface area contributed by atoms with Crippen LogP contribution in [0, 0.1) is 0 Å². The zero-order valence-corrected chi connectivity index (χ0v) is 72.5. The molecule has 620 valence electrons. The first kappa shape index (κ1) is 92.0. The molecule has 5 aliphatic heterocycles. The lowest BCUT2D eigenvalue weighted by atomic mass is 9.76. The highest BCUT2D eigenvalue weighted by Crippen LogP contribution is 2.41. The smallest absolute Gasteiger partial charge is 0.263 e. The van der Waals surface area contributed by atoms with Crippen molar-refractivity contribution in [1.29, 1.82) is 0 Å². The monoisotopic (exact) mass is 1650 g/mol. The van der Waals surface area contributed by atoms with E-state index in [2.05, 4.69) is 284 Å². The quantitative estimate of drug-likeness (QED) is 0.0938. The van der Waals surface area contributed by atoms with E-state index in [1.54, 1.807) is 11.3 Å². The molecule has 0 bridgehead atoms. The van der Waals surface area contributed by atoms with Gasteiger partial charge in [-0.05, 0) is 228 Å². The number of nitrogens with zero attached hydrogens (tertiary/aromatic N) is 9. The Kier molecular flexibility index (Phi) is 29.1. The minimum absolute atomic E-state index is 0. The van der Waals surface area contributed by atoms with Crippen LogP contribution in [-0.4, -0.2) is 153 Å². The molecule has 116 heavy (non-hydrogen) atoms. The summed E-state index contributed by atoms with van der Waals surface area (Å²) in [6.45, 7) is 27.9. The van der Waals surface area contributed by atoms with Gasteiger partial charge >= 0.3 is 0 Å². The second kappa shape index (κ2) is 36.7. The summed E-state index contributed by atoms with van der Waals surface area (Å²) < 4.78 is 7.32. The van der Waals surface area contributed by atoms with E-state index in [0.717, 1.165) is 112 Å². The molecule has 8 aliphatic rings. The number of benzene rings is 6. The van der Waals surface area contributed by atoms with E-state index in [1.807, 2.05) is 27.6 Å². The number of thiocarbonyl (C=S) groups is 2. The fourth-order valence-electron chi connectivity index (χ4n) is 18.2. The van der Waals surface area contributed by atoms with E-state index in [1.165, 1.54) is 195 Å². The number of hydrogen-bond acceptors (Lipinski definition) is 9. The van der Waals surface area contributed by atoms with Gasteiger partial charge in [-0.25, -0.2) is 13.7 Å². The fraction of sp³-hybridized carbons (Fsp3) is 0.465. The van der Waals surface area contributed by atoms with Crippen molar-refractivity contribution in [2.45, 2.75) is 193 Å². The number of carbonyl (C=O) groups is 1.